The summed E-state index contributed by atoms with van der Waals surface area (Å²) in [5.74, 6) is -0.955. The Bertz CT molecular complexity index is 404. The summed E-state index contributed by atoms with van der Waals surface area (Å²) in [6, 6.07) is 1.14. The highest BCUT2D eigenvalue weighted by atomic mass is 19.4. The highest BCUT2D eigenvalue weighted by Gasteiger charge is 2.33. The van der Waals surface area contributed by atoms with Gasteiger partial charge in [-0.25, -0.2) is 4.98 Å². The molecule has 1 rings (SSSR count). The quantitative estimate of drug-likeness (QED) is 0.753. The Hall–Kier alpha value is -1.79. The molecule has 7 heteroatoms. The van der Waals surface area contributed by atoms with Crippen molar-refractivity contribution in [2.75, 3.05) is 7.11 Å². The van der Waals surface area contributed by atoms with E-state index in [0.717, 1.165) is 13.2 Å². The van der Waals surface area contributed by atoms with E-state index >= 15 is 0 Å². The monoisotopic (exact) mass is 235 g/mol. The van der Waals surface area contributed by atoms with Gasteiger partial charge in [-0.15, -0.1) is 13.2 Å². The van der Waals surface area contributed by atoms with E-state index in [1.807, 2.05) is 0 Å². The molecule has 0 aromatic carbocycles. The van der Waals surface area contributed by atoms with Crippen LogP contribution in [-0.2, 0) is 0 Å². The number of halogens is 3. The molecular weight excluding hydrogens is 227 g/mol. The average molecular weight is 235 g/mol. The number of hydrogen-bond donors (Lipinski definition) is 0. The first-order valence-electron chi connectivity index (χ1n) is 4.14. The van der Waals surface area contributed by atoms with E-state index in [2.05, 4.69) is 14.5 Å². The molecule has 1 heterocycles. The van der Waals surface area contributed by atoms with Crippen LogP contribution >= 0.6 is 0 Å². The molecule has 0 amide bonds. The second kappa shape index (κ2) is 4.38. The van der Waals surface area contributed by atoms with Gasteiger partial charge in [0.2, 0.25) is 0 Å². The van der Waals surface area contributed by atoms with Crippen LogP contribution in [0, 0.1) is 6.92 Å². The van der Waals surface area contributed by atoms with Gasteiger partial charge >= 0.3 is 6.36 Å². The van der Waals surface area contributed by atoms with Gasteiger partial charge in [-0.05, 0) is 13.0 Å². The summed E-state index contributed by atoms with van der Waals surface area (Å²) in [5.41, 5.74) is 0.279. The minimum absolute atomic E-state index is 0.134. The van der Waals surface area contributed by atoms with E-state index in [0.29, 0.717) is 6.29 Å². The number of alkyl halides is 3. The largest absolute Gasteiger partial charge is 0.574 e. The SMILES string of the molecule is COc1cc(C=O)c(C)nc1OC(F)(F)F. The second-order valence-electron chi connectivity index (χ2n) is 2.84. The summed E-state index contributed by atoms with van der Waals surface area (Å²) < 4.78 is 44.2. The summed E-state index contributed by atoms with van der Waals surface area (Å²) in [6.07, 6.45) is -4.38. The van der Waals surface area contributed by atoms with Crippen molar-refractivity contribution in [1.82, 2.24) is 4.98 Å². The predicted octanol–water partition coefficient (Wildman–Crippen LogP) is 2.11. The molecule has 0 saturated heterocycles. The molecule has 0 unspecified atom stereocenters. The number of nitrogens with zero attached hydrogens (tertiary/aromatic N) is 1. The van der Waals surface area contributed by atoms with Crippen molar-refractivity contribution in [2.45, 2.75) is 13.3 Å². The van der Waals surface area contributed by atoms with Crippen LogP contribution in [0.2, 0.25) is 0 Å². The fourth-order valence-electron chi connectivity index (χ4n) is 1.03. The number of methoxy groups -OCH3 is 1. The van der Waals surface area contributed by atoms with Gasteiger partial charge in [0.1, 0.15) is 0 Å². The molecule has 0 radical (unpaired) electrons. The highest BCUT2D eigenvalue weighted by Crippen LogP contribution is 2.31. The predicted molar refractivity (Wildman–Crippen MR) is 47.6 cm³/mol. The van der Waals surface area contributed by atoms with Crippen LogP contribution in [0.5, 0.6) is 11.6 Å². The minimum atomic E-state index is -4.85. The molecular formula is C9H8F3NO3. The van der Waals surface area contributed by atoms with Crippen molar-refractivity contribution in [1.29, 1.82) is 0 Å². The Morgan fingerprint density at radius 1 is 1.44 bits per heavy atom. The van der Waals surface area contributed by atoms with Crippen LogP contribution in [0.4, 0.5) is 13.2 Å². The Morgan fingerprint density at radius 3 is 2.50 bits per heavy atom. The summed E-state index contributed by atoms with van der Waals surface area (Å²) in [5, 5.41) is 0. The Labute approximate surface area is 89.0 Å². The number of carbonyl (C=O) groups is 1. The number of pyridine rings is 1. The van der Waals surface area contributed by atoms with Crippen LogP contribution in [0.15, 0.2) is 6.07 Å². The van der Waals surface area contributed by atoms with E-state index in [9.17, 15) is 18.0 Å². The van der Waals surface area contributed by atoms with Gasteiger partial charge in [0.05, 0.1) is 12.8 Å². The van der Waals surface area contributed by atoms with Gasteiger partial charge in [-0.3, -0.25) is 4.79 Å². The lowest BCUT2D eigenvalue weighted by Gasteiger charge is -2.12. The van der Waals surface area contributed by atoms with Gasteiger partial charge in [-0.2, -0.15) is 0 Å². The zero-order valence-corrected chi connectivity index (χ0v) is 8.46. The first-order chi connectivity index (χ1) is 7.37. The molecule has 0 atom stereocenters. The molecule has 88 valence electrons. The molecule has 16 heavy (non-hydrogen) atoms. The summed E-state index contributed by atoms with van der Waals surface area (Å²) in [6.45, 7) is 1.40. The summed E-state index contributed by atoms with van der Waals surface area (Å²) >= 11 is 0. The van der Waals surface area contributed by atoms with Crippen LogP contribution in [0.3, 0.4) is 0 Å². The maximum atomic E-state index is 12.0. The lowest BCUT2D eigenvalue weighted by molar-refractivity contribution is -0.276. The van der Waals surface area contributed by atoms with Crippen molar-refractivity contribution in [3.8, 4) is 11.6 Å². The van der Waals surface area contributed by atoms with Gasteiger partial charge in [0, 0.05) is 5.56 Å². The maximum absolute atomic E-state index is 12.0. The number of aryl methyl sites for hydroxylation is 1. The highest BCUT2D eigenvalue weighted by molar-refractivity contribution is 5.77. The Kier molecular flexibility index (Phi) is 3.36. The normalized spacial score (nSPS) is 11.1. The molecule has 1 aromatic rings. The van der Waals surface area contributed by atoms with E-state index in [4.69, 9.17) is 0 Å². The molecule has 0 spiro atoms. The number of aromatic nitrogens is 1. The number of ether oxygens (including phenoxy) is 2. The molecule has 0 aliphatic heterocycles. The van der Waals surface area contributed by atoms with E-state index in [1.54, 1.807) is 0 Å². The molecule has 0 saturated carbocycles. The minimum Gasteiger partial charge on any atom is -0.491 e. The Morgan fingerprint density at radius 2 is 2.06 bits per heavy atom. The molecule has 1 aromatic heterocycles. The lowest BCUT2D eigenvalue weighted by atomic mass is 10.2. The third-order valence-corrected chi connectivity index (χ3v) is 1.74. The molecule has 0 aliphatic rings. The van der Waals surface area contributed by atoms with Crippen molar-refractivity contribution < 1.29 is 27.4 Å². The average Bonchev–Trinajstić information content (AvgIpc) is 2.16. The van der Waals surface area contributed by atoms with Gasteiger partial charge in [0.25, 0.3) is 5.88 Å². The number of aldehydes is 1. The molecule has 0 fully saturated rings. The second-order valence-corrected chi connectivity index (χ2v) is 2.84. The topological polar surface area (TPSA) is 48.4 Å². The lowest BCUT2D eigenvalue weighted by Crippen LogP contribution is -2.19. The summed E-state index contributed by atoms with van der Waals surface area (Å²) in [7, 11) is 1.16. The molecule has 0 bridgehead atoms. The molecule has 4 nitrogen and oxygen atoms in total. The van der Waals surface area contributed by atoms with E-state index in [-0.39, 0.29) is 17.0 Å². The number of rotatable bonds is 3. The van der Waals surface area contributed by atoms with Crippen LogP contribution < -0.4 is 9.47 Å². The third-order valence-electron chi connectivity index (χ3n) is 1.74. The third kappa shape index (κ3) is 2.85. The van der Waals surface area contributed by atoms with Gasteiger partial charge in [0.15, 0.2) is 12.0 Å². The first-order valence-corrected chi connectivity index (χ1v) is 4.14. The van der Waals surface area contributed by atoms with Crippen molar-refractivity contribution in [3.05, 3.63) is 17.3 Å². The van der Waals surface area contributed by atoms with Crippen LogP contribution in [0.1, 0.15) is 16.1 Å². The number of carbonyl (C=O) groups excluding carboxylic acids is 1. The van der Waals surface area contributed by atoms with E-state index < -0.39 is 12.2 Å². The fraction of sp³-hybridized carbons (Fsp3) is 0.333. The van der Waals surface area contributed by atoms with Gasteiger partial charge < -0.3 is 9.47 Å². The van der Waals surface area contributed by atoms with Crippen molar-refractivity contribution in [3.63, 3.8) is 0 Å². The smallest absolute Gasteiger partial charge is 0.491 e. The molecule has 0 aliphatic carbocycles. The van der Waals surface area contributed by atoms with Crippen LogP contribution in [-0.4, -0.2) is 24.7 Å². The summed E-state index contributed by atoms with van der Waals surface area (Å²) in [4.78, 5) is 14.0. The Balaban J connectivity index is 3.18. The van der Waals surface area contributed by atoms with Crippen molar-refractivity contribution in [2.24, 2.45) is 0 Å². The maximum Gasteiger partial charge on any atom is 0.574 e. The standard InChI is InChI=1S/C9H8F3NO3/c1-5-6(4-14)3-7(15-2)8(13-5)16-9(10,11)12/h3-4H,1-2H3. The molecule has 0 N–H and O–H groups in total. The van der Waals surface area contributed by atoms with Gasteiger partial charge in [-0.1, -0.05) is 0 Å². The number of hydrogen-bond acceptors (Lipinski definition) is 4. The van der Waals surface area contributed by atoms with Crippen LogP contribution in [0.25, 0.3) is 0 Å². The first kappa shape index (κ1) is 12.3. The zero-order chi connectivity index (χ0) is 12.3. The zero-order valence-electron chi connectivity index (χ0n) is 8.46. The van der Waals surface area contributed by atoms with Crippen molar-refractivity contribution >= 4 is 6.29 Å². The van der Waals surface area contributed by atoms with E-state index in [1.165, 1.54) is 6.92 Å². The fourth-order valence-corrected chi connectivity index (χ4v) is 1.03.